The zero-order valence-corrected chi connectivity index (χ0v) is 9.88. The quantitative estimate of drug-likeness (QED) is 0.796. The molecule has 0 spiro atoms. The number of nitrogens with one attached hydrogen (secondary N) is 1. The first-order valence-corrected chi connectivity index (χ1v) is 5.34. The van der Waals surface area contributed by atoms with Crippen molar-refractivity contribution in [3.8, 4) is 0 Å². The van der Waals surface area contributed by atoms with Crippen LogP contribution in [-0.2, 0) is 9.47 Å². The number of hydrogen-bond donors (Lipinski definition) is 1. The molecule has 2 aromatic rings. The van der Waals surface area contributed by atoms with Gasteiger partial charge in [-0.2, -0.15) is 0 Å². The van der Waals surface area contributed by atoms with Crippen molar-refractivity contribution in [2.75, 3.05) is 26.1 Å². The molecule has 0 saturated heterocycles. The van der Waals surface area contributed by atoms with Gasteiger partial charge in [-0.3, -0.25) is 4.98 Å². The summed E-state index contributed by atoms with van der Waals surface area (Å²) in [5.74, 6) is 0.711. The number of benzene rings is 1. The monoisotopic (exact) mass is 233 g/mol. The van der Waals surface area contributed by atoms with Crippen LogP contribution in [-0.4, -0.2) is 37.0 Å². The van der Waals surface area contributed by atoms with Crippen molar-refractivity contribution in [3.63, 3.8) is 0 Å². The Labute approximate surface area is 99.8 Å². The van der Waals surface area contributed by atoms with Crippen LogP contribution < -0.4 is 5.32 Å². The summed E-state index contributed by atoms with van der Waals surface area (Å²) in [6, 6.07) is 7.74. The number of anilines is 1. The number of ether oxygens (including phenoxy) is 2. The highest BCUT2D eigenvalue weighted by Crippen LogP contribution is 2.11. The molecule has 90 valence electrons. The maximum atomic E-state index is 5.08. The molecule has 5 heteroatoms. The summed E-state index contributed by atoms with van der Waals surface area (Å²) in [6.07, 6.45) is 1.41. The molecule has 0 bridgehead atoms. The van der Waals surface area contributed by atoms with Gasteiger partial charge in [0.15, 0.2) is 6.29 Å². The molecule has 0 aliphatic heterocycles. The number of fused-ring (bicyclic) bond motifs is 1. The van der Waals surface area contributed by atoms with E-state index in [1.807, 2.05) is 24.3 Å². The Balaban J connectivity index is 2.09. The van der Waals surface area contributed by atoms with Gasteiger partial charge in [0.05, 0.1) is 23.8 Å². The number of rotatable bonds is 5. The summed E-state index contributed by atoms with van der Waals surface area (Å²) in [4.78, 5) is 8.74. The third-order valence-electron chi connectivity index (χ3n) is 2.42. The molecule has 0 radical (unpaired) electrons. The Hall–Kier alpha value is -1.72. The number of nitrogens with zero attached hydrogens (tertiary/aromatic N) is 2. The van der Waals surface area contributed by atoms with Gasteiger partial charge >= 0.3 is 0 Å². The lowest BCUT2D eigenvalue weighted by Gasteiger charge is -2.14. The molecule has 17 heavy (non-hydrogen) atoms. The van der Waals surface area contributed by atoms with E-state index in [0.29, 0.717) is 12.4 Å². The first-order valence-electron chi connectivity index (χ1n) is 5.34. The highest BCUT2D eigenvalue weighted by atomic mass is 16.7. The van der Waals surface area contributed by atoms with E-state index in [-0.39, 0.29) is 6.29 Å². The van der Waals surface area contributed by atoms with Crippen molar-refractivity contribution in [2.24, 2.45) is 0 Å². The Bertz CT molecular complexity index is 486. The molecule has 1 heterocycles. The van der Waals surface area contributed by atoms with Crippen LogP contribution in [0.3, 0.4) is 0 Å². The van der Waals surface area contributed by atoms with Crippen LogP contribution >= 0.6 is 0 Å². The third kappa shape index (κ3) is 2.89. The highest BCUT2D eigenvalue weighted by molar-refractivity contribution is 5.75. The molecule has 2 rings (SSSR count). The second-order valence-electron chi connectivity index (χ2n) is 3.53. The maximum Gasteiger partial charge on any atom is 0.173 e. The summed E-state index contributed by atoms with van der Waals surface area (Å²) >= 11 is 0. The second kappa shape index (κ2) is 5.56. The predicted octanol–water partition coefficient (Wildman–Crippen LogP) is 1.66. The summed E-state index contributed by atoms with van der Waals surface area (Å²) in [6.45, 7) is 0.528. The fraction of sp³-hybridized carbons (Fsp3) is 0.333. The van der Waals surface area contributed by atoms with Crippen LogP contribution in [0.4, 0.5) is 5.82 Å². The Morgan fingerprint density at radius 1 is 1.18 bits per heavy atom. The van der Waals surface area contributed by atoms with Crippen molar-refractivity contribution >= 4 is 16.9 Å². The minimum Gasteiger partial charge on any atom is -0.364 e. The van der Waals surface area contributed by atoms with Crippen molar-refractivity contribution in [3.05, 3.63) is 30.5 Å². The van der Waals surface area contributed by atoms with Crippen molar-refractivity contribution in [1.29, 1.82) is 0 Å². The van der Waals surface area contributed by atoms with Gasteiger partial charge in [0.25, 0.3) is 0 Å². The Morgan fingerprint density at radius 3 is 2.59 bits per heavy atom. The molecule has 1 N–H and O–H groups in total. The lowest BCUT2D eigenvalue weighted by atomic mass is 10.3. The van der Waals surface area contributed by atoms with Crippen LogP contribution in [0.2, 0.25) is 0 Å². The molecule has 0 amide bonds. The summed E-state index contributed by atoms with van der Waals surface area (Å²) < 4.78 is 10.2. The SMILES string of the molecule is COC(CNc1cnc2ccccc2n1)OC. The summed E-state index contributed by atoms with van der Waals surface area (Å²) in [7, 11) is 3.20. The molecular weight excluding hydrogens is 218 g/mol. The lowest BCUT2D eigenvalue weighted by molar-refractivity contribution is -0.0914. The number of methoxy groups -OCH3 is 2. The van der Waals surface area contributed by atoms with Crippen LogP contribution in [0, 0.1) is 0 Å². The smallest absolute Gasteiger partial charge is 0.173 e. The van der Waals surface area contributed by atoms with E-state index in [9.17, 15) is 0 Å². The van der Waals surface area contributed by atoms with Crippen molar-refractivity contribution < 1.29 is 9.47 Å². The van der Waals surface area contributed by atoms with E-state index in [1.54, 1.807) is 20.4 Å². The third-order valence-corrected chi connectivity index (χ3v) is 2.42. The van der Waals surface area contributed by atoms with Crippen molar-refractivity contribution in [1.82, 2.24) is 9.97 Å². The number of hydrogen-bond acceptors (Lipinski definition) is 5. The molecule has 0 aliphatic carbocycles. The molecule has 5 nitrogen and oxygen atoms in total. The minimum atomic E-state index is -0.289. The summed E-state index contributed by atoms with van der Waals surface area (Å²) in [5, 5.41) is 3.12. The second-order valence-corrected chi connectivity index (χ2v) is 3.53. The molecule has 0 atom stereocenters. The fourth-order valence-corrected chi connectivity index (χ4v) is 1.49. The Morgan fingerprint density at radius 2 is 1.88 bits per heavy atom. The average molecular weight is 233 g/mol. The van der Waals surface area contributed by atoms with Gasteiger partial charge < -0.3 is 14.8 Å². The maximum absolute atomic E-state index is 5.08. The normalized spacial score (nSPS) is 11.0. The van der Waals surface area contributed by atoms with E-state index in [0.717, 1.165) is 11.0 Å². The zero-order valence-electron chi connectivity index (χ0n) is 9.88. The van der Waals surface area contributed by atoms with Gasteiger partial charge in [-0.15, -0.1) is 0 Å². The predicted molar refractivity (Wildman–Crippen MR) is 65.8 cm³/mol. The first-order chi connectivity index (χ1) is 8.33. The minimum absolute atomic E-state index is 0.289. The largest absolute Gasteiger partial charge is 0.364 e. The first kappa shape index (κ1) is 11.8. The van der Waals surface area contributed by atoms with Gasteiger partial charge in [-0.25, -0.2) is 4.98 Å². The zero-order chi connectivity index (χ0) is 12.1. The molecule has 0 fully saturated rings. The topological polar surface area (TPSA) is 56.3 Å². The number of aromatic nitrogens is 2. The van der Waals surface area contributed by atoms with Crippen molar-refractivity contribution in [2.45, 2.75) is 6.29 Å². The van der Waals surface area contributed by atoms with Crippen LogP contribution in [0.25, 0.3) is 11.0 Å². The van der Waals surface area contributed by atoms with E-state index in [4.69, 9.17) is 9.47 Å². The van der Waals surface area contributed by atoms with E-state index >= 15 is 0 Å². The fourth-order valence-electron chi connectivity index (χ4n) is 1.49. The van der Waals surface area contributed by atoms with Crippen LogP contribution in [0.15, 0.2) is 30.5 Å². The van der Waals surface area contributed by atoms with Gasteiger partial charge in [-0.05, 0) is 12.1 Å². The van der Waals surface area contributed by atoms with E-state index in [2.05, 4.69) is 15.3 Å². The average Bonchev–Trinajstić information content (AvgIpc) is 2.40. The molecule has 0 unspecified atom stereocenters. The van der Waals surface area contributed by atoms with Gasteiger partial charge in [0.2, 0.25) is 0 Å². The number of para-hydroxylation sites is 2. The highest BCUT2D eigenvalue weighted by Gasteiger charge is 2.05. The van der Waals surface area contributed by atoms with Gasteiger partial charge in [0, 0.05) is 14.2 Å². The summed E-state index contributed by atoms with van der Waals surface area (Å²) in [5.41, 5.74) is 1.75. The molecule has 1 aromatic heterocycles. The molecule has 0 aliphatic rings. The van der Waals surface area contributed by atoms with Gasteiger partial charge in [0.1, 0.15) is 5.82 Å². The van der Waals surface area contributed by atoms with E-state index in [1.165, 1.54) is 0 Å². The van der Waals surface area contributed by atoms with Crippen LogP contribution in [0.1, 0.15) is 0 Å². The van der Waals surface area contributed by atoms with E-state index < -0.39 is 0 Å². The molecular formula is C12H15N3O2. The van der Waals surface area contributed by atoms with Gasteiger partial charge in [-0.1, -0.05) is 12.1 Å². The lowest BCUT2D eigenvalue weighted by Crippen LogP contribution is -2.24. The molecule has 1 aromatic carbocycles. The standard InChI is InChI=1S/C12H15N3O2/c1-16-12(17-2)8-14-11-7-13-9-5-3-4-6-10(9)15-11/h3-7,12H,8H2,1-2H3,(H,14,15). The Kier molecular flexibility index (Phi) is 3.85. The molecule has 0 saturated carbocycles. The van der Waals surface area contributed by atoms with Crippen LogP contribution in [0.5, 0.6) is 0 Å².